The zero-order valence-electron chi connectivity index (χ0n) is 6.99. The van der Waals surface area contributed by atoms with E-state index in [1.165, 1.54) is 23.3 Å². The van der Waals surface area contributed by atoms with E-state index < -0.39 is 0 Å². The van der Waals surface area contributed by atoms with Gasteiger partial charge in [0.05, 0.1) is 0 Å². The fourth-order valence-electron chi connectivity index (χ4n) is 1.67. The van der Waals surface area contributed by atoms with Crippen LogP contribution in [-0.4, -0.2) is 12.3 Å². The third-order valence-electron chi connectivity index (χ3n) is 2.31. The van der Waals surface area contributed by atoms with E-state index >= 15 is 0 Å². The monoisotopic (exact) mass is 179 g/mol. The molecule has 64 valence electrons. The van der Waals surface area contributed by atoms with Crippen molar-refractivity contribution in [3.8, 4) is 0 Å². The molecule has 1 nitrogen and oxygen atoms in total. The number of benzene rings is 1. The Kier molecular flexibility index (Phi) is 2.38. The normalized spacial score (nSPS) is 21.9. The molecule has 2 heteroatoms. The molecule has 0 unspecified atom stereocenters. The SMILES string of the molecule is NC[C@@H]1SCCc2ccccc21. The highest BCUT2D eigenvalue weighted by atomic mass is 32.2. The average Bonchev–Trinajstić information content (AvgIpc) is 2.17. The van der Waals surface area contributed by atoms with E-state index in [9.17, 15) is 0 Å². The van der Waals surface area contributed by atoms with Crippen LogP contribution in [0, 0.1) is 0 Å². The lowest BCUT2D eigenvalue weighted by atomic mass is 10.0. The quantitative estimate of drug-likeness (QED) is 0.713. The molecule has 1 atom stereocenters. The molecule has 12 heavy (non-hydrogen) atoms. The lowest BCUT2D eigenvalue weighted by Gasteiger charge is -2.23. The lowest BCUT2D eigenvalue weighted by Crippen LogP contribution is -2.16. The molecule has 0 aromatic heterocycles. The largest absolute Gasteiger partial charge is 0.329 e. The molecule has 0 fully saturated rings. The van der Waals surface area contributed by atoms with Gasteiger partial charge in [-0.1, -0.05) is 24.3 Å². The van der Waals surface area contributed by atoms with E-state index in [2.05, 4.69) is 24.3 Å². The Morgan fingerprint density at radius 1 is 1.42 bits per heavy atom. The first-order valence-electron chi connectivity index (χ1n) is 4.31. The smallest absolute Gasteiger partial charge is 0.0422 e. The Hall–Kier alpha value is -0.470. The third-order valence-corrected chi connectivity index (χ3v) is 3.60. The molecule has 0 aliphatic carbocycles. The van der Waals surface area contributed by atoms with Crippen LogP contribution in [0.1, 0.15) is 16.4 Å². The molecule has 0 saturated heterocycles. The maximum Gasteiger partial charge on any atom is 0.0422 e. The predicted molar refractivity (Wildman–Crippen MR) is 54.4 cm³/mol. The van der Waals surface area contributed by atoms with Gasteiger partial charge in [-0.05, 0) is 23.3 Å². The van der Waals surface area contributed by atoms with Crippen LogP contribution in [0.3, 0.4) is 0 Å². The topological polar surface area (TPSA) is 26.0 Å². The van der Waals surface area contributed by atoms with Crippen molar-refractivity contribution in [1.29, 1.82) is 0 Å². The molecule has 0 spiro atoms. The second-order valence-electron chi connectivity index (χ2n) is 3.04. The van der Waals surface area contributed by atoms with Crippen molar-refractivity contribution in [3.63, 3.8) is 0 Å². The van der Waals surface area contributed by atoms with E-state index in [0.29, 0.717) is 5.25 Å². The Bertz CT molecular complexity index is 272. The average molecular weight is 179 g/mol. The number of thioether (sulfide) groups is 1. The number of aryl methyl sites for hydroxylation is 1. The molecular weight excluding hydrogens is 166 g/mol. The lowest BCUT2D eigenvalue weighted by molar-refractivity contribution is 0.895. The molecule has 1 heterocycles. The van der Waals surface area contributed by atoms with Crippen LogP contribution in [0.15, 0.2) is 24.3 Å². The Morgan fingerprint density at radius 3 is 3.08 bits per heavy atom. The van der Waals surface area contributed by atoms with Gasteiger partial charge in [-0.25, -0.2) is 0 Å². The van der Waals surface area contributed by atoms with Gasteiger partial charge in [0.15, 0.2) is 0 Å². The van der Waals surface area contributed by atoms with Crippen molar-refractivity contribution in [2.45, 2.75) is 11.7 Å². The summed E-state index contributed by atoms with van der Waals surface area (Å²) in [5.74, 6) is 1.22. The van der Waals surface area contributed by atoms with Crippen molar-refractivity contribution in [2.75, 3.05) is 12.3 Å². The van der Waals surface area contributed by atoms with Gasteiger partial charge in [0.1, 0.15) is 0 Å². The van der Waals surface area contributed by atoms with Gasteiger partial charge in [0, 0.05) is 11.8 Å². The van der Waals surface area contributed by atoms with Crippen molar-refractivity contribution >= 4 is 11.8 Å². The molecule has 1 aromatic rings. The van der Waals surface area contributed by atoms with Gasteiger partial charge in [-0.15, -0.1) is 0 Å². The fraction of sp³-hybridized carbons (Fsp3) is 0.400. The minimum absolute atomic E-state index is 0.537. The van der Waals surface area contributed by atoms with E-state index in [1.807, 2.05) is 11.8 Å². The van der Waals surface area contributed by atoms with E-state index in [4.69, 9.17) is 5.73 Å². The van der Waals surface area contributed by atoms with Gasteiger partial charge in [0.2, 0.25) is 0 Å². The highest BCUT2D eigenvalue weighted by Crippen LogP contribution is 2.35. The molecule has 2 N–H and O–H groups in total. The van der Waals surface area contributed by atoms with E-state index in [-0.39, 0.29) is 0 Å². The Balaban J connectivity index is 2.37. The summed E-state index contributed by atoms with van der Waals surface area (Å²) in [4.78, 5) is 0. The molecule has 0 amide bonds. The Morgan fingerprint density at radius 2 is 2.25 bits per heavy atom. The van der Waals surface area contributed by atoms with Crippen molar-refractivity contribution < 1.29 is 0 Å². The van der Waals surface area contributed by atoms with Crippen molar-refractivity contribution in [2.24, 2.45) is 5.73 Å². The van der Waals surface area contributed by atoms with Crippen LogP contribution in [0.2, 0.25) is 0 Å². The number of fused-ring (bicyclic) bond motifs is 1. The Labute approximate surface area is 77.3 Å². The summed E-state index contributed by atoms with van der Waals surface area (Å²) >= 11 is 1.98. The third kappa shape index (κ3) is 1.37. The molecule has 0 radical (unpaired) electrons. The number of nitrogens with two attached hydrogens (primary N) is 1. The summed E-state index contributed by atoms with van der Waals surface area (Å²) in [7, 11) is 0. The summed E-state index contributed by atoms with van der Waals surface area (Å²) in [5.41, 5.74) is 8.64. The van der Waals surface area contributed by atoms with Crippen molar-refractivity contribution in [1.82, 2.24) is 0 Å². The van der Waals surface area contributed by atoms with Crippen LogP contribution in [-0.2, 0) is 6.42 Å². The fourth-order valence-corrected chi connectivity index (χ4v) is 2.84. The second kappa shape index (κ2) is 3.50. The minimum atomic E-state index is 0.537. The summed E-state index contributed by atoms with van der Waals surface area (Å²) < 4.78 is 0. The van der Waals surface area contributed by atoms with Gasteiger partial charge >= 0.3 is 0 Å². The summed E-state index contributed by atoms with van der Waals surface area (Å²) in [6, 6.07) is 8.65. The highest BCUT2D eigenvalue weighted by molar-refractivity contribution is 7.99. The number of hydrogen-bond acceptors (Lipinski definition) is 2. The summed E-state index contributed by atoms with van der Waals surface area (Å²) in [6.07, 6.45) is 1.21. The van der Waals surface area contributed by atoms with Crippen LogP contribution in [0.25, 0.3) is 0 Å². The summed E-state index contributed by atoms with van der Waals surface area (Å²) in [5, 5.41) is 0.537. The molecule has 1 aliphatic heterocycles. The zero-order chi connectivity index (χ0) is 8.39. The second-order valence-corrected chi connectivity index (χ2v) is 4.35. The number of rotatable bonds is 1. The van der Waals surface area contributed by atoms with Crippen LogP contribution in [0.4, 0.5) is 0 Å². The standard InChI is InChI=1S/C10H13NS/c11-7-10-9-4-2-1-3-8(9)5-6-12-10/h1-4,10H,5-7,11H2/t10-/m0/s1. The maximum absolute atomic E-state index is 5.70. The van der Waals surface area contributed by atoms with Gasteiger partial charge < -0.3 is 5.73 Å². The number of hydrogen-bond donors (Lipinski definition) is 1. The minimum Gasteiger partial charge on any atom is -0.329 e. The molecule has 2 rings (SSSR count). The highest BCUT2D eigenvalue weighted by Gasteiger charge is 2.17. The van der Waals surface area contributed by atoms with Crippen molar-refractivity contribution in [3.05, 3.63) is 35.4 Å². The first-order valence-corrected chi connectivity index (χ1v) is 5.36. The van der Waals surface area contributed by atoms with Crippen LogP contribution in [0.5, 0.6) is 0 Å². The molecule has 0 saturated carbocycles. The van der Waals surface area contributed by atoms with E-state index in [0.717, 1.165) is 6.54 Å². The zero-order valence-corrected chi connectivity index (χ0v) is 7.81. The molecule has 0 bridgehead atoms. The van der Waals surface area contributed by atoms with E-state index in [1.54, 1.807) is 0 Å². The van der Waals surface area contributed by atoms with Gasteiger partial charge in [0.25, 0.3) is 0 Å². The summed E-state index contributed by atoms with van der Waals surface area (Å²) in [6.45, 7) is 0.766. The predicted octanol–water partition coefficient (Wildman–Crippen LogP) is 1.98. The first-order chi connectivity index (χ1) is 5.92. The van der Waals surface area contributed by atoms with Crippen LogP contribution >= 0.6 is 11.8 Å². The molecule has 1 aliphatic rings. The molecule has 1 aromatic carbocycles. The van der Waals surface area contributed by atoms with Gasteiger partial charge in [-0.3, -0.25) is 0 Å². The molecular formula is C10H13NS. The van der Waals surface area contributed by atoms with Gasteiger partial charge in [-0.2, -0.15) is 11.8 Å². The maximum atomic E-state index is 5.70. The first kappa shape index (κ1) is 8.14. The van der Waals surface area contributed by atoms with Crippen LogP contribution < -0.4 is 5.73 Å².